The second kappa shape index (κ2) is 17.9. The number of nitrogens with one attached hydrogen (secondary N) is 2. The van der Waals surface area contributed by atoms with E-state index in [9.17, 15) is 14.4 Å². The summed E-state index contributed by atoms with van der Waals surface area (Å²) in [7, 11) is 1.33. The highest BCUT2D eigenvalue weighted by Crippen LogP contribution is 2.21. The number of rotatable bonds is 17. The maximum Gasteiger partial charge on any atom is 0.328 e. The average Bonchev–Trinajstić information content (AvgIpc) is 3.52. The number of carbonyl (C=O) groups is 3. The molecule has 0 spiro atoms. The molecule has 0 aliphatic rings. The van der Waals surface area contributed by atoms with E-state index < -0.39 is 12.0 Å². The molecule has 4 aromatic rings. The third-order valence-corrected chi connectivity index (χ3v) is 8.88. The Bertz CT molecular complexity index is 1740. The number of carbonyl (C=O) groups excluding carboxylic acids is 3. The number of fused-ring (bicyclic) bond motifs is 1. The summed E-state index contributed by atoms with van der Waals surface area (Å²) in [6.45, 7) is 9.65. The third-order valence-electron chi connectivity index (χ3n) is 8.88. The molecule has 3 aromatic carbocycles. The number of hydrogen-bond acceptors (Lipinski definition) is 7. The summed E-state index contributed by atoms with van der Waals surface area (Å²) < 4.78 is 6.91. The molecule has 1 heterocycles. The molecule has 0 aliphatic carbocycles. The van der Waals surface area contributed by atoms with Crippen molar-refractivity contribution in [2.45, 2.75) is 72.1 Å². The first-order valence-electron chi connectivity index (χ1n) is 16.9. The van der Waals surface area contributed by atoms with Crippen molar-refractivity contribution in [3.8, 4) is 6.07 Å². The molecule has 49 heavy (non-hydrogen) atoms. The van der Waals surface area contributed by atoms with Crippen LogP contribution in [0.25, 0.3) is 10.8 Å². The van der Waals surface area contributed by atoms with Crippen LogP contribution in [0.2, 0.25) is 0 Å². The van der Waals surface area contributed by atoms with Gasteiger partial charge in [0.05, 0.1) is 38.0 Å². The van der Waals surface area contributed by atoms with Crippen molar-refractivity contribution in [2.24, 2.45) is 11.8 Å². The number of nitriles is 1. The van der Waals surface area contributed by atoms with E-state index in [0.29, 0.717) is 31.6 Å². The Morgan fingerprint density at radius 2 is 1.71 bits per heavy atom. The van der Waals surface area contributed by atoms with E-state index in [1.54, 1.807) is 24.7 Å². The predicted octanol–water partition coefficient (Wildman–Crippen LogP) is 5.24. The number of imidazole rings is 1. The fraction of sp³-hybridized carbons (Fsp3) is 0.410. The number of aromatic nitrogens is 2. The number of nitrogens with zero attached hydrogens (tertiary/aromatic N) is 4. The summed E-state index contributed by atoms with van der Waals surface area (Å²) in [5.41, 5.74) is 3.44. The lowest BCUT2D eigenvalue weighted by atomic mass is 9.97. The van der Waals surface area contributed by atoms with Crippen LogP contribution in [0.3, 0.4) is 0 Å². The van der Waals surface area contributed by atoms with Crippen molar-refractivity contribution < 1.29 is 19.1 Å². The smallest absolute Gasteiger partial charge is 0.328 e. The van der Waals surface area contributed by atoms with Gasteiger partial charge in [0.2, 0.25) is 11.8 Å². The van der Waals surface area contributed by atoms with Crippen LogP contribution in [0.5, 0.6) is 0 Å². The number of esters is 1. The van der Waals surface area contributed by atoms with Crippen molar-refractivity contribution in [1.29, 1.82) is 5.26 Å². The fourth-order valence-corrected chi connectivity index (χ4v) is 6.00. The molecule has 1 unspecified atom stereocenters. The highest BCUT2D eigenvalue weighted by atomic mass is 16.5. The van der Waals surface area contributed by atoms with E-state index >= 15 is 0 Å². The fourth-order valence-electron chi connectivity index (χ4n) is 6.00. The first-order chi connectivity index (χ1) is 23.6. The van der Waals surface area contributed by atoms with Gasteiger partial charge in [-0.25, -0.2) is 9.78 Å². The normalized spacial score (nSPS) is 13.1. The summed E-state index contributed by atoms with van der Waals surface area (Å²) in [6, 6.07) is 22.8. The lowest BCUT2D eigenvalue weighted by Crippen LogP contribution is -2.51. The van der Waals surface area contributed by atoms with Gasteiger partial charge in [0.1, 0.15) is 6.04 Å². The zero-order valence-electron chi connectivity index (χ0n) is 29.2. The van der Waals surface area contributed by atoms with Crippen molar-refractivity contribution in [1.82, 2.24) is 25.1 Å². The van der Waals surface area contributed by atoms with E-state index in [2.05, 4.69) is 59.8 Å². The van der Waals surface area contributed by atoms with Crippen LogP contribution in [0.4, 0.5) is 0 Å². The minimum Gasteiger partial charge on any atom is -0.467 e. The van der Waals surface area contributed by atoms with Crippen LogP contribution >= 0.6 is 0 Å². The van der Waals surface area contributed by atoms with Crippen LogP contribution < -0.4 is 10.6 Å². The standard InChI is InChI=1S/C39H48N6O4/c1-6-28(4)36(43-37(46)19-33-21-41-26-45(33)22-30-16-14-29(20-40)15-17-30)24-44(23-32-12-9-11-31-10-7-8-13-34(31)32)25-38(47)42-35(18-27(2)3)39(48)49-5/h7-17,21,26-28,35-36H,6,18-19,22-25H2,1-5H3,(H,42,47)(H,43,46)/t28?,35-,36+/m0/s1. The number of benzene rings is 3. The number of hydrogen-bond donors (Lipinski definition) is 2. The molecular weight excluding hydrogens is 616 g/mol. The molecular formula is C39H48N6O4. The Labute approximate surface area is 289 Å². The number of amides is 2. The molecule has 0 aliphatic heterocycles. The van der Waals surface area contributed by atoms with E-state index in [4.69, 9.17) is 10.00 Å². The second-order valence-electron chi connectivity index (χ2n) is 13.1. The first-order valence-corrected chi connectivity index (χ1v) is 16.9. The largest absolute Gasteiger partial charge is 0.467 e. The van der Waals surface area contributed by atoms with Gasteiger partial charge in [0, 0.05) is 37.6 Å². The number of methoxy groups -OCH3 is 1. The molecule has 258 valence electrons. The minimum absolute atomic E-state index is 0.0367. The Morgan fingerprint density at radius 1 is 0.980 bits per heavy atom. The quantitative estimate of drug-likeness (QED) is 0.148. The van der Waals surface area contributed by atoms with Crippen LogP contribution in [-0.4, -0.2) is 64.5 Å². The molecule has 0 saturated carbocycles. The third kappa shape index (κ3) is 10.7. The van der Waals surface area contributed by atoms with Gasteiger partial charge < -0.3 is 19.9 Å². The topological polar surface area (TPSA) is 129 Å². The lowest BCUT2D eigenvalue weighted by molar-refractivity contribution is -0.145. The maximum atomic E-state index is 13.6. The van der Waals surface area contributed by atoms with Gasteiger partial charge in [0.15, 0.2) is 0 Å². The van der Waals surface area contributed by atoms with Crippen LogP contribution in [-0.2, 0) is 38.6 Å². The molecule has 3 atom stereocenters. The van der Waals surface area contributed by atoms with Crippen LogP contribution in [0.15, 0.2) is 79.3 Å². The highest BCUT2D eigenvalue weighted by molar-refractivity contribution is 5.87. The summed E-state index contributed by atoms with van der Waals surface area (Å²) in [5, 5.41) is 17.5. The second-order valence-corrected chi connectivity index (χ2v) is 13.1. The van der Waals surface area contributed by atoms with Crippen LogP contribution in [0, 0.1) is 23.2 Å². The van der Waals surface area contributed by atoms with E-state index in [1.807, 2.05) is 53.6 Å². The van der Waals surface area contributed by atoms with Gasteiger partial charge >= 0.3 is 5.97 Å². The van der Waals surface area contributed by atoms with Gasteiger partial charge in [-0.3, -0.25) is 14.5 Å². The molecule has 4 rings (SSSR count). The summed E-state index contributed by atoms with van der Waals surface area (Å²) in [4.78, 5) is 46.0. The average molecular weight is 665 g/mol. The SMILES string of the molecule is CCC(C)[C@@H](CN(CC(=O)N[C@@H](CC(C)C)C(=O)OC)Cc1cccc2ccccc12)NC(=O)Cc1cncn1Cc1ccc(C#N)cc1. The van der Waals surface area contributed by atoms with Crippen molar-refractivity contribution >= 4 is 28.6 Å². The molecule has 0 bridgehead atoms. The Kier molecular flexibility index (Phi) is 13.5. The Morgan fingerprint density at radius 3 is 2.41 bits per heavy atom. The maximum absolute atomic E-state index is 13.6. The summed E-state index contributed by atoms with van der Waals surface area (Å²) in [6.07, 6.45) is 4.85. The molecule has 2 N–H and O–H groups in total. The van der Waals surface area contributed by atoms with Crippen molar-refractivity contribution in [3.05, 3.63) is 102 Å². The van der Waals surface area contributed by atoms with Gasteiger partial charge in [-0.1, -0.05) is 88.7 Å². The van der Waals surface area contributed by atoms with E-state index in [0.717, 1.165) is 34.0 Å². The van der Waals surface area contributed by atoms with Gasteiger partial charge in [-0.2, -0.15) is 5.26 Å². The van der Waals surface area contributed by atoms with Crippen molar-refractivity contribution in [2.75, 3.05) is 20.2 Å². The first kappa shape index (κ1) is 36.8. The molecule has 0 saturated heterocycles. The van der Waals surface area contributed by atoms with E-state index in [1.165, 1.54) is 7.11 Å². The summed E-state index contributed by atoms with van der Waals surface area (Å²) in [5.74, 6) is -0.580. The van der Waals surface area contributed by atoms with Gasteiger partial charge in [-0.05, 0) is 52.3 Å². The molecule has 2 amide bonds. The molecule has 1 aromatic heterocycles. The van der Waals surface area contributed by atoms with Crippen molar-refractivity contribution in [3.63, 3.8) is 0 Å². The van der Waals surface area contributed by atoms with Gasteiger partial charge in [0.25, 0.3) is 0 Å². The molecule has 0 radical (unpaired) electrons. The Hall–Kier alpha value is -5.01. The zero-order chi connectivity index (χ0) is 35.3. The predicted molar refractivity (Wildman–Crippen MR) is 190 cm³/mol. The van der Waals surface area contributed by atoms with E-state index in [-0.39, 0.29) is 42.7 Å². The molecule has 10 nitrogen and oxygen atoms in total. The molecule has 10 heteroatoms. The monoisotopic (exact) mass is 664 g/mol. The highest BCUT2D eigenvalue weighted by Gasteiger charge is 2.27. The number of ether oxygens (including phenoxy) is 1. The zero-order valence-corrected chi connectivity index (χ0v) is 29.2. The van der Waals surface area contributed by atoms with Gasteiger partial charge in [-0.15, -0.1) is 0 Å². The Balaban J connectivity index is 1.53. The van der Waals surface area contributed by atoms with Crippen LogP contribution in [0.1, 0.15) is 62.9 Å². The molecule has 0 fully saturated rings. The summed E-state index contributed by atoms with van der Waals surface area (Å²) >= 11 is 0. The lowest BCUT2D eigenvalue weighted by Gasteiger charge is -2.32. The minimum atomic E-state index is -0.740.